The smallest absolute Gasteiger partial charge is 0.333 e. The van der Waals surface area contributed by atoms with Gasteiger partial charge in [0, 0.05) is 19.6 Å². The number of benzene rings is 4. The van der Waals surface area contributed by atoms with Crippen LogP contribution in [-0.2, 0) is 48.1 Å². The van der Waals surface area contributed by atoms with Gasteiger partial charge in [-0.05, 0) is 109 Å². The van der Waals surface area contributed by atoms with Crippen LogP contribution in [-0.4, -0.2) is 48.9 Å². The Bertz CT molecular complexity index is 1550. The molecule has 4 aromatic rings. The molecule has 0 aromatic heterocycles. The number of likely N-dealkylation sites (N-methyl/N-ethyl adjacent to an activating group) is 1. The zero-order valence-corrected chi connectivity index (χ0v) is 27.7. The van der Waals surface area contributed by atoms with Gasteiger partial charge in [0.1, 0.15) is 12.4 Å². The summed E-state index contributed by atoms with van der Waals surface area (Å²) in [5.41, 5.74) is 10.9. The maximum Gasteiger partial charge on any atom is 0.333 e. The lowest BCUT2D eigenvalue weighted by atomic mass is 9.90. The first-order valence-electron chi connectivity index (χ1n) is 17.0. The van der Waals surface area contributed by atoms with Crippen LogP contribution in [0.15, 0.2) is 91.0 Å². The first-order chi connectivity index (χ1) is 22.4. The van der Waals surface area contributed by atoms with E-state index in [1.54, 1.807) is 0 Å². The molecule has 0 heterocycles. The van der Waals surface area contributed by atoms with Gasteiger partial charge in [-0.1, -0.05) is 92.2 Å². The number of hydrogen-bond donors (Lipinski definition) is 1. The van der Waals surface area contributed by atoms with Crippen LogP contribution in [0.4, 0.5) is 0 Å². The second-order valence-corrected chi connectivity index (χ2v) is 12.5. The minimum absolute atomic E-state index is 0.162. The van der Waals surface area contributed by atoms with E-state index >= 15 is 0 Å². The highest BCUT2D eigenvalue weighted by Crippen LogP contribution is 2.37. The fourth-order valence-electron chi connectivity index (χ4n) is 6.60. The summed E-state index contributed by atoms with van der Waals surface area (Å²) in [5.74, 6) is -0.153. The van der Waals surface area contributed by atoms with Crippen LogP contribution in [0, 0.1) is 0 Å². The third-order valence-electron chi connectivity index (χ3n) is 9.18. The SMILES string of the molecule is CCCCc1ccc2c(c1)C(N(C)CCOc1ccc(CC(OCC)C(=O)O)cc1)c1ccc(CCc3ccccc3)cc1CC2. The van der Waals surface area contributed by atoms with Crippen LogP contribution in [0.2, 0.25) is 0 Å². The highest BCUT2D eigenvalue weighted by atomic mass is 16.5. The summed E-state index contributed by atoms with van der Waals surface area (Å²) < 4.78 is 11.6. The predicted molar refractivity (Wildman–Crippen MR) is 186 cm³/mol. The van der Waals surface area contributed by atoms with Crippen LogP contribution >= 0.6 is 0 Å². The van der Waals surface area contributed by atoms with Crippen LogP contribution in [0.3, 0.4) is 0 Å². The summed E-state index contributed by atoms with van der Waals surface area (Å²) in [6, 6.07) is 33.0. The Hall–Kier alpha value is -3.93. The van der Waals surface area contributed by atoms with E-state index in [9.17, 15) is 9.90 Å². The first-order valence-corrected chi connectivity index (χ1v) is 17.0. The van der Waals surface area contributed by atoms with Gasteiger partial charge in [-0.3, -0.25) is 4.90 Å². The molecule has 1 N–H and O–H groups in total. The van der Waals surface area contributed by atoms with Crippen molar-refractivity contribution in [1.29, 1.82) is 0 Å². The summed E-state index contributed by atoms with van der Waals surface area (Å²) in [4.78, 5) is 13.9. The maximum atomic E-state index is 11.5. The number of aryl methyl sites for hydroxylation is 5. The largest absolute Gasteiger partial charge is 0.492 e. The lowest BCUT2D eigenvalue weighted by Crippen LogP contribution is -2.30. The summed E-state index contributed by atoms with van der Waals surface area (Å²) in [6.45, 7) is 5.76. The van der Waals surface area contributed by atoms with Crippen LogP contribution in [0.25, 0.3) is 0 Å². The molecule has 4 aromatic carbocycles. The topological polar surface area (TPSA) is 59.0 Å². The lowest BCUT2D eigenvalue weighted by molar-refractivity contribution is -0.149. The predicted octanol–water partition coefficient (Wildman–Crippen LogP) is 8.05. The Morgan fingerprint density at radius 3 is 2.24 bits per heavy atom. The fourth-order valence-corrected chi connectivity index (χ4v) is 6.60. The van der Waals surface area contributed by atoms with Gasteiger partial charge in [0.15, 0.2) is 6.10 Å². The molecule has 5 nitrogen and oxygen atoms in total. The minimum Gasteiger partial charge on any atom is -0.492 e. The molecule has 1 aliphatic carbocycles. The number of carbonyl (C=O) groups is 1. The van der Waals surface area contributed by atoms with Crippen molar-refractivity contribution in [3.63, 3.8) is 0 Å². The summed E-state index contributed by atoms with van der Waals surface area (Å²) in [6.07, 6.45) is 7.21. The number of ether oxygens (including phenoxy) is 2. The van der Waals surface area contributed by atoms with E-state index in [2.05, 4.69) is 85.6 Å². The molecule has 0 aliphatic heterocycles. The highest BCUT2D eigenvalue weighted by Gasteiger charge is 2.27. The van der Waals surface area contributed by atoms with Crippen molar-refractivity contribution in [1.82, 2.24) is 4.90 Å². The molecule has 0 saturated heterocycles. The zero-order valence-electron chi connectivity index (χ0n) is 27.7. The Morgan fingerprint density at radius 1 is 0.804 bits per heavy atom. The minimum atomic E-state index is -0.937. The van der Waals surface area contributed by atoms with Crippen molar-refractivity contribution in [2.45, 2.75) is 77.4 Å². The van der Waals surface area contributed by atoms with E-state index in [1.807, 2.05) is 31.2 Å². The number of carboxylic acids is 1. The van der Waals surface area contributed by atoms with Crippen LogP contribution < -0.4 is 4.74 Å². The van der Waals surface area contributed by atoms with Crippen molar-refractivity contribution in [3.8, 4) is 5.75 Å². The molecule has 2 unspecified atom stereocenters. The Labute approximate surface area is 275 Å². The Balaban J connectivity index is 1.31. The summed E-state index contributed by atoms with van der Waals surface area (Å²) >= 11 is 0. The number of aliphatic carboxylic acids is 1. The van der Waals surface area contributed by atoms with Gasteiger partial charge in [0.25, 0.3) is 0 Å². The van der Waals surface area contributed by atoms with E-state index < -0.39 is 12.1 Å². The van der Waals surface area contributed by atoms with E-state index in [4.69, 9.17) is 9.47 Å². The van der Waals surface area contributed by atoms with Gasteiger partial charge in [-0.2, -0.15) is 0 Å². The molecular formula is C41H49NO4. The number of rotatable bonds is 16. The molecule has 0 bridgehead atoms. The molecule has 46 heavy (non-hydrogen) atoms. The molecule has 0 amide bonds. The molecule has 0 fully saturated rings. The first kappa shape index (κ1) is 33.4. The van der Waals surface area contributed by atoms with Crippen LogP contribution in [0.1, 0.15) is 77.2 Å². The van der Waals surface area contributed by atoms with Gasteiger partial charge in [-0.15, -0.1) is 0 Å². The second kappa shape index (κ2) is 16.6. The molecule has 2 atom stereocenters. The molecule has 0 saturated carbocycles. The number of nitrogens with zero attached hydrogens (tertiary/aromatic N) is 1. The van der Waals surface area contributed by atoms with E-state index in [0.717, 1.165) is 50.0 Å². The lowest BCUT2D eigenvalue weighted by Gasteiger charge is -2.31. The zero-order chi connectivity index (χ0) is 32.3. The molecule has 242 valence electrons. The summed E-state index contributed by atoms with van der Waals surface area (Å²) in [7, 11) is 2.22. The molecule has 0 spiro atoms. The standard InChI is InChI=1S/C41H49NO4/c1-4-6-10-31-15-19-34-20-21-35-27-32(14-13-30-11-8-7-9-12-30)18-24-37(35)40(38(34)28-31)42(3)25-26-46-36-22-16-33(17-23-36)29-39(41(43)44)45-5-2/h7-9,11-12,15-19,22-24,27-28,39-40H,4-6,10,13-14,20-21,25-26,29H2,1-3H3,(H,43,44). The van der Waals surface area contributed by atoms with Gasteiger partial charge in [0.05, 0.1) is 6.04 Å². The normalized spacial score (nSPS) is 14.7. The third kappa shape index (κ3) is 8.86. The maximum absolute atomic E-state index is 11.5. The van der Waals surface area contributed by atoms with Crippen molar-refractivity contribution >= 4 is 5.97 Å². The average molecular weight is 620 g/mol. The van der Waals surface area contributed by atoms with E-state index in [-0.39, 0.29) is 6.04 Å². The van der Waals surface area contributed by atoms with Crippen LogP contribution in [0.5, 0.6) is 5.75 Å². The van der Waals surface area contributed by atoms with Crippen molar-refractivity contribution in [2.75, 3.05) is 26.8 Å². The number of unbranched alkanes of at least 4 members (excludes halogenated alkanes) is 1. The average Bonchev–Trinajstić information content (AvgIpc) is 3.23. The van der Waals surface area contributed by atoms with E-state index in [1.165, 1.54) is 51.8 Å². The quantitative estimate of drug-likeness (QED) is 0.138. The van der Waals surface area contributed by atoms with E-state index in [0.29, 0.717) is 19.6 Å². The number of hydrogen-bond acceptors (Lipinski definition) is 4. The fraction of sp³-hybridized carbons (Fsp3) is 0.390. The molecule has 0 radical (unpaired) electrons. The van der Waals surface area contributed by atoms with Crippen molar-refractivity contribution in [2.24, 2.45) is 0 Å². The number of fused-ring (bicyclic) bond motifs is 2. The van der Waals surface area contributed by atoms with Gasteiger partial charge in [-0.25, -0.2) is 4.79 Å². The van der Waals surface area contributed by atoms with Crippen molar-refractivity contribution in [3.05, 3.63) is 136 Å². The molecular weight excluding hydrogens is 570 g/mol. The molecule has 5 heteroatoms. The number of carboxylic acid groups (broad SMARTS) is 1. The Morgan fingerprint density at radius 2 is 1.50 bits per heavy atom. The Kier molecular flexibility index (Phi) is 12.0. The van der Waals surface area contributed by atoms with Crippen molar-refractivity contribution < 1.29 is 19.4 Å². The highest BCUT2D eigenvalue weighted by molar-refractivity contribution is 5.72. The molecule has 5 rings (SSSR count). The molecule has 1 aliphatic rings. The van der Waals surface area contributed by atoms with Gasteiger partial charge >= 0.3 is 5.97 Å². The second-order valence-electron chi connectivity index (χ2n) is 12.5. The monoisotopic (exact) mass is 619 g/mol. The van der Waals surface area contributed by atoms with Gasteiger partial charge < -0.3 is 14.6 Å². The summed E-state index contributed by atoms with van der Waals surface area (Å²) in [5, 5.41) is 9.42. The van der Waals surface area contributed by atoms with Gasteiger partial charge in [0.2, 0.25) is 0 Å². The third-order valence-corrected chi connectivity index (χ3v) is 9.18.